The zero-order valence-corrected chi connectivity index (χ0v) is 12.0. The SMILES string of the molecule is Nc1ccc2c(C(=O)NCC3(O)CCCCC3)c[nH]c2c1. The lowest BCUT2D eigenvalue weighted by Gasteiger charge is -2.32. The van der Waals surface area contributed by atoms with E-state index < -0.39 is 5.60 Å². The number of aromatic nitrogens is 1. The van der Waals surface area contributed by atoms with Gasteiger partial charge in [-0.05, 0) is 31.0 Å². The number of nitrogen functional groups attached to an aromatic ring is 1. The summed E-state index contributed by atoms with van der Waals surface area (Å²) in [4.78, 5) is 15.4. The molecule has 1 aromatic heterocycles. The molecule has 5 nitrogen and oxygen atoms in total. The van der Waals surface area contributed by atoms with E-state index in [0.29, 0.717) is 17.8 Å². The van der Waals surface area contributed by atoms with Crippen molar-refractivity contribution in [1.29, 1.82) is 0 Å². The number of nitrogens with two attached hydrogens (primary N) is 1. The van der Waals surface area contributed by atoms with Crippen molar-refractivity contribution in [2.24, 2.45) is 0 Å². The predicted molar refractivity (Wildman–Crippen MR) is 83.1 cm³/mol. The molecule has 0 unspecified atom stereocenters. The highest BCUT2D eigenvalue weighted by molar-refractivity contribution is 6.07. The minimum Gasteiger partial charge on any atom is -0.399 e. The van der Waals surface area contributed by atoms with Gasteiger partial charge in [0.2, 0.25) is 0 Å². The van der Waals surface area contributed by atoms with E-state index in [-0.39, 0.29) is 5.91 Å². The van der Waals surface area contributed by atoms with Gasteiger partial charge in [-0.1, -0.05) is 19.3 Å². The van der Waals surface area contributed by atoms with Crippen molar-refractivity contribution in [1.82, 2.24) is 10.3 Å². The summed E-state index contributed by atoms with van der Waals surface area (Å²) in [5.41, 5.74) is 7.08. The monoisotopic (exact) mass is 287 g/mol. The highest BCUT2D eigenvalue weighted by Crippen LogP contribution is 2.27. The Hall–Kier alpha value is -2.01. The molecule has 5 N–H and O–H groups in total. The average molecular weight is 287 g/mol. The fourth-order valence-corrected chi connectivity index (χ4v) is 3.06. The van der Waals surface area contributed by atoms with Gasteiger partial charge in [0, 0.05) is 29.3 Å². The molecule has 2 aromatic rings. The quantitative estimate of drug-likeness (QED) is 0.652. The lowest BCUT2D eigenvalue weighted by atomic mass is 9.85. The number of carbonyl (C=O) groups excluding carboxylic acids is 1. The van der Waals surface area contributed by atoms with Crippen LogP contribution >= 0.6 is 0 Å². The van der Waals surface area contributed by atoms with E-state index in [2.05, 4.69) is 10.3 Å². The summed E-state index contributed by atoms with van der Waals surface area (Å²) in [7, 11) is 0. The fourth-order valence-electron chi connectivity index (χ4n) is 3.06. The van der Waals surface area contributed by atoms with E-state index in [4.69, 9.17) is 5.73 Å². The molecule has 0 radical (unpaired) electrons. The number of H-pyrrole nitrogens is 1. The molecule has 21 heavy (non-hydrogen) atoms. The van der Waals surface area contributed by atoms with Gasteiger partial charge >= 0.3 is 0 Å². The first kappa shape index (κ1) is 13.9. The Kier molecular flexibility index (Phi) is 3.59. The average Bonchev–Trinajstić information content (AvgIpc) is 2.88. The molecule has 112 valence electrons. The van der Waals surface area contributed by atoms with Crippen LogP contribution in [0.25, 0.3) is 10.9 Å². The lowest BCUT2D eigenvalue weighted by molar-refractivity contribution is 0.00527. The summed E-state index contributed by atoms with van der Waals surface area (Å²) >= 11 is 0. The van der Waals surface area contributed by atoms with Crippen molar-refractivity contribution in [3.8, 4) is 0 Å². The molecule has 0 atom stereocenters. The Morgan fingerprint density at radius 3 is 2.86 bits per heavy atom. The summed E-state index contributed by atoms with van der Waals surface area (Å²) < 4.78 is 0. The summed E-state index contributed by atoms with van der Waals surface area (Å²) in [6.07, 6.45) is 6.43. The molecular formula is C16H21N3O2. The van der Waals surface area contributed by atoms with Crippen molar-refractivity contribution >= 4 is 22.5 Å². The highest BCUT2D eigenvalue weighted by Gasteiger charge is 2.29. The van der Waals surface area contributed by atoms with Crippen molar-refractivity contribution < 1.29 is 9.90 Å². The molecule has 1 amide bonds. The molecule has 3 rings (SSSR count). The van der Waals surface area contributed by atoms with Crippen molar-refractivity contribution in [3.05, 3.63) is 30.0 Å². The van der Waals surface area contributed by atoms with Crippen LogP contribution in [0, 0.1) is 0 Å². The molecule has 0 aliphatic heterocycles. The van der Waals surface area contributed by atoms with E-state index >= 15 is 0 Å². The maximum Gasteiger partial charge on any atom is 0.253 e. The largest absolute Gasteiger partial charge is 0.399 e. The first-order valence-corrected chi connectivity index (χ1v) is 7.45. The van der Waals surface area contributed by atoms with E-state index in [1.165, 1.54) is 6.42 Å². The number of rotatable bonds is 3. The molecule has 0 spiro atoms. The van der Waals surface area contributed by atoms with Crippen LogP contribution in [-0.2, 0) is 0 Å². The number of hydrogen-bond donors (Lipinski definition) is 4. The van der Waals surface area contributed by atoms with Crippen LogP contribution in [0.4, 0.5) is 5.69 Å². The number of hydrogen-bond acceptors (Lipinski definition) is 3. The minimum absolute atomic E-state index is 0.162. The first-order valence-electron chi connectivity index (χ1n) is 7.45. The van der Waals surface area contributed by atoms with E-state index in [0.717, 1.165) is 36.6 Å². The Balaban J connectivity index is 1.72. The second-order valence-electron chi connectivity index (χ2n) is 5.98. The van der Waals surface area contributed by atoms with Gasteiger partial charge in [-0.25, -0.2) is 0 Å². The van der Waals surface area contributed by atoms with Gasteiger partial charge in [-0.15, -0.1) is 0 Å². The summed E-state index contributed by atoms with van der Waals surface area (Å²) in [5, 5.41) is 14.1. The number of anilines is 1. The third-order valence-electron chi connectivity index (χ3n) is 4.31. The van der Waals surface area contributed by atoms with Crippen LogP contribution in [0.1, 0.15) is 42.5 Å². The molecule has 0 bridgehead atoms. The van der Waals surface area contributed by atoms with Gasteiger partial charge in [-0.3, -0.25) is 4.79 Å². The van der Waals surface area contributed by atoms with Crippen LogP contribution in [0.15, 0.2) is 24.4 Å². The van der Waals surface area contributed by atoms with Crippen molar-refractivity contribution in [2.45, 2.75) is 37.7 Å². The van der Waals surface area contributed by atoms with Gasteiger partial charge in [0.25, 0.3) is 5.91 Å². The topological polar surface area (TPSA) is 91.1 Å². The van der Waals surface area contributed by atoms with Crippen LogP contribution in [0.2, 0.25) is 0 Å². The third kappa shape index (κ3) is 2.88. The van der Waals surface area contributed by atoms with Gasteiger partial charge < -0.3 is 21.1 Å². The molecule has 1 aromatic carbocycles. The molecular weight excluding hydrogens is 266 g/mol. The summed E-state index contributed by atoms with van der Waals surface area (Å²) in [5.74, 6) is -0.162. The molecule has 5 heteroatoms. The second-order valence-corrected chi connectivity index (χ2v) is 5.98. The van der Waals surface area contributed by atoms with E-state index in [1.54, 1.807) is 18.3 Å². The number of nitrogens with one attached hydrogen (secondary N) is 2. The van der Waals surface area contributed by atoms with Gasteiger partial charge in [0.1, 0.15) is 0 Å². The number of aliphatic hydroxyl groups is 1. The molecule has 1 aliphatic carbocycles. The van der Waals surface area contributed by atoms with Crippen LogP contribution < -0.4 is 11.1 Å². The second kappa shape index (κ2) is 5.41. The van der Waals surface area contributed by atoms with Crippen molar-refractivity contribution in [2.75, 3.05) is 12.3 Å². The zero-order valence-electron chi connectivity index (χ0n) is 12.0. The number of fused-ring (bicyclic) bond motifs is 1. The van der Waals surface area contributed by atoms with Gasteiger partial charge in [0.05, 0.1) is 11.2 Å². The zero-order chi connectivity index (χ0) is 14.9. The number of amides is 1. The third-order valence-corrected chi connectivity index (χ3v) is 4.31. The Morgan fingerprint density at radius 2 is 2.10 bits per heavy atom. The number of benzene rings is 1. The fraction of sp³-hybridized carbons (Fsp3) is 0.438. The molecule has 1 heterocycles. The van der Waals surface area contributed by atoms with Gasteiger partial charge in [0.15, 0.2) is 0 Å². The Labute approximate surface area is 123 Å². The van der Waals surface area contributed by atoms with E-state index in [1.807, 2.05) is 6.07 Å². The smallest absolute Gasteiger partial charge is 0.253 e. The van der Waals surface area contributed by atoms with Crippen LogP contribution in [0.3, 0.4) is 0 Å². The van der Waals surface area contributed by atoms with Crippen LogP contribution in [-0.4, -0.2) is 28.1 Å². The maximum atomic E-state index is 12.3. The summed E-state index contributed by atoms with van der Waals surface area (Å²) in [6, 6.07) is 5.42. The van der Waals surface area contributed by atoms with Gasteiger partial charge in [-0.2, -0.15) is 0 Å². The Bertz CT molecular complexity index is 657. The molecule has 1 saturated carbocycles. The lowest BCUT2D eigenvalue weighted by Crippen LogP contribution is -2.44. The minimum atomic E-state index is -0.746. The number of aromatic amines is 1. The molecule has 1 aliphatic rings. The first-order chi connectivity index (χ1) is 10.1. The van der Waals surface area contributed by atoms with E-state index in [9.17, 15) is 9.90 Å². The molecule has 0 saturated heterocycles. The highest BCUT2D eigenvalue weighted by atomic mass is 16.3. The predicted octanol–water partition coefficient (Wildman–Crippen LogP) is 2.18. The van der Waals surface area contributed by atoms with Crippen molar-refractivity contribution in [3.63, 3.8) is 0 Å². The van der Waals surface area contributed by atoms with Crippen LogP contribution in [0.5, 0.6) is 0 Å². The Morgan fingerprint density at radius 1 is 1.33 bits per heavy atom. The number of carbonyl (C=O) groups is 1. The maximum absolute atomic E-state index is 12.3. The standard InChI is InChI=1S/C16H21N3O2/c17-11-4-5-12-13(9-18-14(12)8-11)15(20)19-10-16(21)6-2-1-3-7-16/h4-5,8-9,18,21H,1-3,6-7,10,17H2,(H,19,20). The molecule has 1 fully saturated rings. The normalized spacial score (nSPS) is 17.8. The summed E-state index contributed by atoms with van der Waals surface area (Å²) in [6.45, 7) is 0.313.